The molecule has 0 saturated heterocycles. The SMILES string of the molecule is Cc1noc(C)c1C[C@@H](C)NC(=O)N[C@H](C)c1ccc(F)cc1. The van der Waals surface area contributed by atoms with Gasteiger partial charge in [0.1, 0.15) is 11.6 Å². The lowest BCUT2D eigenvalue weighted by molar-refractivity contribution is 0.234. The summed E-state index contributed by atoms with van der Waals surface area (Å²) in [5.74, 6) is 0.481. The van der Waals surface area contributed by atoms with E-state index in [1.807, 2.05) is 27.7 Å². The summed E-state index contributed by atoms with van der Waals surface area (Å²) in [7, 11) is 0. The van der Waals surface area contributed by atoms with Gasteiger partial charge in [0.2, 0.25) is 0 Å². The maximum atomic E-state index is 12.9. The Morgan fingerprint density at radius 3 is 2.43 bits per heavy atom. The highest BCUT2D eigenvalue weighted by molar-refractivity contribution is 5.74. The minimum Gasteiger partial charge on any atom is -0.361 e. The fraction of sp³-hybridized carbons (Fsp3) is 0.412. The van der Waals surface area contributed by atoms with Gasteiger partial charge in [-0.25, -0.2) is 9.18 Å². The van der Waals surface area contributed by atoms with Crippen LogP contribution in [0.2, 0.25) is 0 Å². The highest BCUT2D eigenvalue weighted by Gasteiger charge is 2.16. The van der Waals surface area contributed by atoms with Gasteiger partial charge in [-0.3, -0.25) is 0 Å². The first-order chi connectivity index (χ1) is 10.9. The number of hydrogen-bond acceptors (Lipinski definition) is 3. The van der Waals surface area contributed by atoms with E-state index in [4.69, 9.17) is 4.52 Å². The van der Waals surface area contributed by atoms with E-state index in [9.17, 15) is 9.18 Å². The van der Waals surface area contributed by atoms with Gasteiger partial charge in [0, 0.05) is 11.6 Å². The van der Waals surface area contributed by atoms with Crippen LogP contribution in [0.3, 0.4) is 0 Å². The predicted molar refractivity (Wildman–Crippen MR) is 85.6 cm³/mol. The predicted octanol–water partition coefficient (Wildman–Crippen LogP) is 3.42. The molecule has 1 heterocycles. The zero-order chi connectivity index (χ0) is 17.0. The molecule has 5 nitrogen and oxygen atoms in total. The van der Waals surface area contributed by atoms with Gasteiger partial charge in [0.05, 0.1) is 11.7 Å². The number of nitrogens with one attached hydrogen (secondary N) is 2. The molecule has 6 heteroatoms. The number of amides is 2. The fourth-order valence-electron chi connectivity index (χ4n) is 2.45. The highest BCUT2D eigenvalue weighted by atomic mass is 19.1. The molecule has 0 aliphatic carbocycles. The molecule has 0 radical (unpaired) electrons. The zero-order valence-corrected chi connectivity index (χ0v) is 13.8. The van der Waals surface area contributed by atoms with Crippen LogP contribution in [0, 0.1) is 19.7 Å². The molecule has 124 valence electrons. The third-order valence-corrected chi connectivity index (χ3v) is 3.79. The molecule has 0 bridgehead atoms. The second-order valence-electron chi connectivity index (χ2n) is 5.80. The van der Waals surface area contributed by atoms with Crippen LogP contribution in [0.4, 0.5) is 9.18 Å². The van der Waals surface area contributed by atoms with E-state index in [2.05, 4.69) is 15.8 Å². The van der Waals surface area contributed by atoms with Crippen LogP contribution in [-0.2, 0) is 6.42 Å². The molecule has 2 amide bonds. The van der Waals surface area contributed by atoms with Gasteiger partial charge in [-0.1, -0.05) is 17.3 Å². The van der Waals surface area contributed by atoms with Crippen LogP contribution in [0.15, 0.2) is 28.8 Å². The second-order valence-corrected chi connectivity index (χ2v) is 5.80. The van der Waals surface area contributed by atoms with Gasteiger partial charge in [0.25, 0.3) is 0 Å². The molecule has 0 unspecified atom stereocenters. The monoisotopic (exact) mass is 319 g/mol. The Labute approximate surface area is 135 Å². The van der Waals surface area contributed by atoms with E-state index < -0.39 is 0 Å². The zero-order valence-electron chi connectivity index (χ0n) is 13.8. The van der Waals surface area contributed by atoms with E-state index in [0.29, 0.717) is 6.42 Å². The minimum absolute atomic E-state index is 0.0628. The second kappa shape index (κ2) is 7.26. The summed E-state index contributed by atoms with van der Waals surface area (Å²) >= 11 is 0. The summed E-state index contributed by atoms with van der Waals surface area (Å²) in [5, 5.41) is 9.64. The van der Waals surface area contributed by atoms with E-state index >= 15 is 0 Å². The van der Waals surface area contributed by atoms with Crippen molar-refractivity contribution in [1.29, 1.82) is 0 Å². The summed E-state index contributed by atoms with van der Waals surface area (Å²) in [4.78, 5) is 12.1. The van der Waals surface area contributed by atoms with Crippen molar-refractivity contribution in [2.45, 2.75) is 46.2 Å². The van der Waals surface area contributed by atoms with Gasteiger partial charge in [-0.05, 0) is 51.8 Å². The van der Waals surface area contributed by atoms with E-state index in [1.165, 1.54) is 12.1 Å². The number of urea groups is 1. The van der Waals surface area contributed by atoms with Crippen molar-refractivity contribution in [1.82, 2.24) is 15.8 Å². The largest absolute Gasteiger partial charge is 0.361 e. The molecular weight excluding hydrogens is 297 g/mol. The third-order valence-electron chi connectivity index (χ3n) is 3.79. The van der Waals surface area contributed by atoms with Crippen molar-refractivity contribution in [2.24, 2.45) is 0 Å². The number of aromatic nitrogens is 1. The molecule has 0 saturated carbocycles. The molecule has 0 fully saturated rings. The van der Waals surface area contributed by atoms with E-state index in [-0.39, 0.29) is 23.9 Å². The normalized spacial score (nSPS) is 13.4. The van der Waals surface area contributed by atoms with E-state index in [0.717, 1.165) is 22.6 Å². The van der Waals surface area contributed by atoms with Crippen LogP contribution in [-0.4, -0.2) is 17.2 Å². The average molecular weight is 319 g/mol. The quantitative estimate of drug-likeness (QED) is 0.887. The first-order valence-electron chi connectivity index (χ1n) is 7.61. The number of aryl methyl sites for hydroxylation is 2. The molecule has 1 aromatic carbocycles. The van der Waals surface area contributed by atoms with Crippen molar-refractivity contribution in [3.8, 4) is 0 Å². The van der Waals surface area contributed by atoms with Crippen molar-refractivity contribution in [3.05, 3.63) is 52.7 Å². The summed E-state index contributed by atoms with van der Waals surface area (Å²) in [6.45, 7) is 7.52. The first kappa shape index (κ1) is 17.0. The van der Waals surface area contributed by atoms with Crippen molar-refractivity contribution in [3.63, 3.8) is 0 Å². The minimum atomic E-state index is -0.293. The molecule has 0 aliphatic heterocycles. The molecule has 0 aliphatic rings. The number of halogens is 1. The molecule has 2 aromatic rings. The number of nitrogens with zero attached hydrogens (tertiary/aromatic N) is 1. The summed E-state index contributed by atoms with van der Waals surface area (Å²) in [5.41, 5.74) is 2.71. The van der Waals surface area contributed by atoms with Gasteiger partial charge in [-0.15, -0.1) is 0 Å². The topological polar surface area (TPSA) is 67.2 Å². The smallest absolute Gasteiger partial charge is 0.315 e. The van der Waals surface area contributed by atoms with Crippen LogP contribution in [0.1, 0.15) is 42.5 Å². The van der Waals surface area contributed by atoms with Gasteiger partial charge >= 0.3 is 6.03 Å². The lowest BCUT2D eigenvalue weighted by Gasteiger charge is -2.18. The number of rotatable bonds is 5. The van der Waals surface area contributed by atoms with Gasteiger partial charge in [0.15, 0.2) is 0 Å². The number of benzene rings is 1. The van der Waals surface area contributed by atoms with Crippen molar-refractivity contribution < 1.29 is 13.7 Å². The molecule has 23 heavy (non-hydrogen) atoms. The molecule has 1 aromatic heterocycles. The molecule has 2 rings (SSSR count). The Kier molecular flexibility index (Phi) is 5.36. The lowest BCUT2D eigenvalue weighted by atomic mass is 10.1. The highest BCUT2D eigenvalue weighted by Crippen LogP contribution is 2.15. The Hall–Kier alpha value is -2.37. The van der Waals surface area contributed by atoms with Gasteiger partial charge < -0.3 is 15.2 Å². The number of carbonyl (C=O) groups excluding carboxylic acids is 1. The summed E-state index contributed by atoms with van der Waals surface area (Å²) in [6.07, 6.45) is 0.652. The number of carbonyl (C=O) groups is 1. The Morgan fingerprint density at radius 1 is 1.22 bits per heavy atom. The number of hydrogen-bond donors (Lipinski definition) is 2. The van der Waals surface area contributed by atoms with Crippen LogP contribution >= 0.6 is 0 Å². The van der Waals surface area contributed by atoms with Crippen LogP contribution in [0.5, 0.6) is 0 Å². The molecular formula is C17H22FN3O2. The van der Waals surface area contributed by atoms with Crippen LogP contribution in [0.25, 0.3) is 0 Å². The Bertz CT molecular complexity index is 647. The van der Waals surface area contributed by atoms with Crippen molar-refractivity contribution >= 4 is 6.03 Å². The van der Waals surface area contributed by atoms with Crippen LogP contribution < -0.4 is 10.6 Å². The average Bonchev–Trinajstić information content (AvgIpc) is 2.79. The fourth-order valence-corrected chi connectivity index (χ4v) is 2.45. The summed E-state index contributed by atoms with van der Waals surface area (Å²) < 4.78 is 18.0. The van der Waals surface area contributed by atoms with E-state index in [1.54, 1.807) is 12.1 Å². The molecule has 0 spiro atoms. The van der Waals surface area contributed by atoms with Gasteiger partial charge in [-0.2, -0.15) is 0 Å². The lowest BCUT2D eigenvalue weighted by Crippen LogP contribution is -2.42. The molecule has 2 atom stereocenters. The third kappa shape index (κ3) is 4.55. The maximum Gasteiger partial charge on any atom is 0.315 e. The summed E-state index contributed by atoms with van der Waals surface area (Å²) in [6, 6.07) is 5.55. The Balaban J connectivity index is 1.87. The van der Waals surface area contributed by atoms with Crippen molar-refractivity contribution in [2.75, 3.05) is 0 Å². The maximum absolute atomic E-state index is 12.9. The standard InChI is InChI=1S/C17H22FN3O2/c1-10(9-16-12(3)21-23-13(16)4)19-17(22)20-11(2)14-5-7-15(18)8-6-14/h5-8,10-11H,9H2,1-4H3,(H2,19,20,22)/t10-,11-/m1/s1. The molecule has 2 N–H and O–H groups in total. The first-order valence-corrected chi connectivity index (χ1v) is 7.61. The Morgan fingerprint density at radius 2 is 1.87 bits per heavy atom.